The Morgan fingerprint density at radius 1 is 1.46 bits per heavy atom. The molecule has 128 valence electrons. The van der Waals surface area contributed by atoms with Crippen molar-refractivity contribution in [2.75, 3.05) is 18.5 Å². The molecule has 3 rings (SSSR count). The van der Waals surface area contributed by atoms with Crippen molar-refractivity contribution in [2.24, 2.45) is 0 Å². The highest BCUT2D eigenvalue weighted by molar-refractivity contribution is 9.10. The molecule has 0 amide bonds. The van der Waals surface area contributed by atoms with Crippen molar-refractivity contribution in [2.45, 2.75) is 25.5 Å². The van der Waals surface area contributed by atoms with Gasteiger partial charge in [-0.3, -0.25) is 4.68 Å². The molecular formula is C16H18BrClN4OS. The second-order valence-electron chi connectivity index (χ2n) is 5.58. The Labute approximate surface area is 159 Å². The maximum atomic E-state index is 6.20. The summed E-state index contributed by atoms with van der Waals surface area (Å²) in [5.74, 6) is 0.673. The minimum atomic E-state index is 0.242. The van der Waals surface area contributed by atoms with E-state index in [0.717, 1.165) is 34.5 Å². The summed E-state index contributed by atoms with van der Waals surface area (Å²) in [6.07, 6.45) is 4.33. The number of ether oxygens (including phenoxy) is 1. The molecule has 24 heavy (non-hydrogen) atoms. The van der Waals surface area contributed by atoms with Crippen LogP contribution in [0.2, 0.25) is 5.02 Å². The molecule has 2 aromatic rings. The lowest BCUT2D eigenvalue weighted by atomic mass is 10.2. The fourth-order valence-electron chi connectivity index (χ4n) is 2.53. The number of aromatic nitrogens is 2. The Morgan fingerprint density at radius 3 is 3.04 bits per heavy atom. The molecule has 0 saturated carbocycles. The molecule has 1 aromatic heterocycles. The zero-order chi connectivity index (χ0) is 16.9. The molecule has 8 heteroatoms. The van der Waals surface area contributed by atoms with Gasteiger partial charge in [0.25, 0.3) is 0 Å². The number of anilines is 1. The molecule has 1 saturated heterocycles. The molecule has 1 aliphatic heterocycles. The van der Waals surface area contributed by atoms with Crippen molar-refractivity contribution in [3.63, 3.8) is 0 Å². The summed E-state index contributed by atoms with van der Waals surface area (Å²) in [7, 11) is 0. The Morgan fingerprint density at radius 2 is 2.29 bits per heavy atom. The van der Waals surface area contributed by atoms with Crippen LogP contribution in [-0.4, -0.2) is 34.1 Å². The maximum absolute atomic E-state index is 6.20. The molecular weight excluding hydrogens is 412 g/mol. The van der Waals surface area contributed by atoms with E-state index in [9.17, 15) is 0 Å². The van der Waals surface area contributed by atoms with Crippen molar-refractivity contribution >= 4 is 50.7 Å². The lowest BCUT2D eigenvalue weighted by Crippen LogP contribution is -2.35. The molecule has 1 atom stereocenters. The smallest absolute Gasteiger partial charge is 0.172 e. The Balaban J connectivity index is 1.57. The van der Waals surface area contributed by atoms with Gasteiger partial charge in [0.15, 0.2) is 10.9 Å². The molecule has 0 radical (unpaired) electrons. The van der Waals surface area contributed by atoms with Gasteiger partial charge in [-0.05, 0) is 52.6 Å². The third-order valence-electron chi connectivity index (χ3n) is 3.75. The molecule has 1 aromatic carbocycles. The number of rotatable bonds is 5. The molecule has 5 nitrogen and oxygen atoms in total. The van der Waals surface area contributed by atoms with Gasteiger partial charge in [-0.25, -0.2) is 0 Å². The number of benzene rings is 1. The minimum absolute atomic E-state index is 0.242. The summed E-state index contributed by atoms with van der Waals surface area (Å²) in [6, 6.07) is 7.73. The summed E-state index contributed by atoms with van der Waals surface area (Å²) >= 11 is 15.0. The summed E-state index contributed by atoms with van der Waals surface area (Å²) < 4.78 is 8.23. The van der Waals surface area contributed by atoms with E-state index >= 15 is 0 Å². The van der Waals surface area contributed by atoms with E-state index in [-0.39, 0.29) is 6.10 Å². The van der Waals surface area contributed by atoms with Crippen LogP contribution in [0.25, 0.3) is 0 Å². The predicted molar refractivity (Wildman–Crippen MR) is 104 cm³/mol. The van der Waals surface area contributed by atoms with Crippen molar-refractivity contribution in [3.8, 4) is 0 Å². The van der Waals surface area contributed by atoms with Crippen molar-refractivity contribution in [3.05, 3.63) is 45.5 Å². The number of hydrogen-bond donors (Lipinski definition) is 2. The number of thiocarbonyl (C=S) groups is 1. The van der Waals surface area contributed by atoms with Crippen LogP contribution in [0.5, 0.6) is 0 Å². The van der Waals surface area contributed by atoms with Crippen LogP contribution in [0.4, 0.5) is 5.82 Å². The van der Waals surface area contributed by atoms with Gasteiger partial charge in [-0.15, -0.1) is 0 Å². The van der Waals surface area contributed by atoms with Gasteiger partial charge in [0, 0.05) is 24.4 Å². The number of nitrogens with zero attached hydrogens (tertiary/aromatic N) is 2. The van der Waals surface area contributed by atoms with E-state index in [0.29, 0.717) is 24.0 Å². The first-order valence-electron chi connectivity index (χ1n) is 7.74. The number of halogens is 2. The molecule has 1 unspecified atom stereocenters. The highest BCUT2D eigenvalue weighted by atomic mass is 79.9. The lowest BCUT2D eigenvalue weighted by Gasteiger charge is -2.13. The summed E-state index contributed by atoms with van der Waals surface area (Å²) in [6.45, 7) is 2.14. The summed E-state index contributed by atoms with van der Waals surface area (Å²) in [4.78, 5) is 0. The second kappa shape index (κ2) is 8.29. The highest BCUT2D eigenvalue weighted by Crippen LogP contribution is 2.22. The standard InChI is InChI=1S/C16H18BrClN4OS/c17-13-10-22(9-11-4-1-2-6-14(11)18)21-15(13)20-16(24)19-8-12-5-3-7-23-12/h1-2,4,6,10,12H,3,5,7-9H2,(H2,19,20,21,24). The van der Waals surface area contributed by atoms with E-state index in [4.69, 9.17) is 28.6 Å². The molecule has 1 aliphatic rings. The maximum Gasteiger partial charge on any atom is 0.172 e. The first-order valence-corrected chi connectivity index (χ1v) is 9.32. The van der Waals surface area contributed by atoms with E-state index in [1.54, 1.807) is 0 Å². The van der Waals surface area contributed by atoms with Crippen LogP contribution in [0, 0.1) is 0 Å². The Bertz CT molecular complexity index is 718. The van der Waals surface area contributed by atoms with Gasteiger partial charge in [-0.2, -0.15) is 5.10 Å². The average Bonchev–Trinajstić information content (AvgIpc) is 3.18. The fraction of sp³-hybridized carbons (Fsp3) is 0.375. The molecule has 0 bridgehead atoms. The van der Waals surface area contributed by atoms with Gasteiger partial charge in [-0.1, -0.05) is 29.8 Å². The fourth-order valence-corrected chi connectivity index (χ4v) is 3.32. The first-order chi connectivity index (χ1) is 11.6. The quantitative estimate of drug-likeness (QED) is 0.708. The summed E-state index contributed by atoms with van der Waals surface area (Å²) in [5, 5.41) is 12.1. The van der Waals surface area contributed by atoms with E-state index in [1.165, 1.54) is 0 Å². The van der Waals surface area contributed by atoms with Gasteiger partial charge in [0.1, 0.15) is 0 Å². The van der Waals surface area contributed by atoms with Gasteiger partial charge >= 0.3 is 0 Å². The van der Waals surface area contributed by atoms with Crippen LogP contribution >= 0.6 is 39.7 Å². The average molecular weight is 430 g/mol. The van der Waals surface area contributed by atoms with Crippen LogP contribution in [0.15, 0.2) is 34.9 Å². The summed E-state index contributed by atoms with van der Waals surface area (Å²) in [5.41, 5.74) is 1.01. The molecule has 0 spiro atoms. The van der Waals surface area contributed by atoms with E-state index in [2.05, 4.69) is 31.7 Å². The zero-order valence-electron chi connectivity index (χ0n) is 13.0. The number of nitrogens with one attached hydrogen (secondary N) is 2. The molecule has 2 heterocycles. The van der Waals surface area contributed by atoms with E-state index in [1.807, 2.05) is 35.1 Å². The van der Waals surface area contributed by atoms with Crippen molar-refractivity contribution in [1.29, 1.82) is 0 Å². The largest absolute Gasteiger partial charge is 0.376 e. The molecule has 0 aliphatic carbocycles. The van der Waals surface area contributed by atoms with Crippen LogP contribution in [-0.2, 0) is 11.3 Å². The zero-order valence-corrected chi connectivity index (χ0v) is 16.1. The van der Waals surface area contributed by atoms with Crippen molar-refractivity contribution in [1.82, 2.24) is 15.1 Å². The monoisotopic (exact) mass is 428 g/mol. The lowest BCUT2D eigenvalue weighted by molar-refractivity contribution is 0.114. The Kier molecular flexibility index (Phi) is 6.10. The predicted octanol–water partition coefficient (Wildman–Crippen LogP) is 3.81. The molecule has 2 N–H and O–H groups in total. The SMILES string of the molecule is S=C(NCC1CCCO1)Nc1nn(Cc2ccccc2Cl)cc1Br. The minimum Gasteiger partial charge on any atom is -0.376 e. The highest BCUT2D eigenvalue weighted by Gasteiger charge is 2.16. The van der Waals surface area contributed by atoms with Crippen LogP contribution in [0.1, 0.15) is 18.4 Å². The first kappa shape index (κ1) is 17.7. The van der Waals surface area contributed by atoms with Crippen molar-refractivity contribution < 1.29 is 4.74 Å². The second-order valence-corrected chi connectivity index (χ2v) is 7.25. The van der Waals surface area contributed by atoms with Crippen LogP contribution in [0.3, 0.4) is 0 Å². The number of hydrogen-bond acceptors (Lipinski definition) is 3. The normalized spacial score (nSPS) is 17.0. The molecule has 1 fully saturated rings. The topological polar surface area (TPSA) is 51.1 Å². The van der Waals surface area contributed by atoms with Gasteiger partial charge in [0.2, 0.25) is 0 Å². The van der Waals surface area contributed by atoms with E-state index < -0.39 is 0 Å². The van der Waals surface area contributed by atoms with Gasteiger partial charge in [0.05, 0.1) is 17.1 Å². The van der Waals surface area contributed by atoms with Crippen LogP contribution < -0.4 is 10.6 Å². The third kappa shape index (κ3) is 4.69. The Hall–Kier alpha value is -1.15. The van der Waals surface area contributed by atoms with Gasteiger partial charge < -0.3 is 15.4 Å². The third-order valence-corrected chi connectivity index (χ3v) is 4.95.